The molecule has 0 aliphatic carbocycles. The van der Waals surface area contributed by atoms with E-state index in [1.807, 2.05) is 0 Å². The summed E-state index contributed by atoms with van der Waals surface area (Å²) in [5, 5.41) is 9.92. The molecule has 1 saturated heterocycles. The molecule has 1 aromatic carbocycles. The van der Waals surface area contributed by atoms with Gasteiger partial charge in [0, 0.05) is 18.2 Å². The Hall–Kier alpha value is -2.14. The third-order valence-corrected chi connectivity index (χ3v) is 3.80. The number of hydrogen-bond acceptors (Lipinski definition) is 5. The van der Waals surface area contributed by atoms with Crippen molar-refractivity contribution in [3.05, 3.63) is 36.0 Å². The second kappa shape index (κ2) is 7.42. The Morgan fingerprint density at radius 2 is 2.09 bits per heavy atom. The lowest BCUT2D eigenvalue weighted by atomic mass is 9.99. The average molecular weight is 317 g/mol. The molecule has 2 aromatic rings. The van der Waals surface area contributed by atoms with E-state index in [1.54, 1.807) is 12.1 Å². The molecular weight excluding hydrogens is 294 g/mol. The number of benzene rings is 1. The largest absolute Gasteiger partial charge is 0.508 e. The molecule has 0 amide bonds. The van der Waals surface area contributed by atoms with Crippen LogP contribution >= 0.6 is 0 Å². The van der Waals surface area contributed by atoms with Gasteiger partial charge >= 0.3 is 5.97 Å². The second-order valence-corrected chi connectivity index (χ2v) is 6.12. The Bertz CT molecular complexity index is 674. The summed E-state index contributed by atoms with van der Waals surface area (Å²) in [6.07, 6.45) is 5.36. The number of methoxy groups -OCH3 is 1. The highest BCUT2D eigenvalue weighted by Gasteiger charge is 2.20. The average Bonchev–Trinajstić information content (AvgIpc) is 2.54. The molecule has 0 bridgehead atoms. The lowest BCUT2D eigenvalue weighted by molar-refractivity contribution is -0.0511. The first kappa shape index (κ1) is 17.2. The van der Waals surface area contributed by atoms with E-state index < -0.39 is 5.97 Å². The summed E-state index contributed by atoms with van der Waals surface area (Å²) in [6, 6.07) is 6.23. The fourth-order valence-corrected chi connectivity index (χ4v) is 2.50. The van der Waals surface area contributed by atoms with E-state index >= 15 is 0 Å². The maximum atomic E-state index is 11.4. The van der Waals surface area contributed by atoms with E-state index in [9.17, 15) is 9.90 Å². The molecule has 0 atom stereocenters. The SMILES string of the molecule is CC1(C)CCCCO1.COC(=O)c1ccnc2ccc(O)cc12. The zero-order valence-corrected chi connectivity index (χ0v) is 13.8. The minimum Gasteiger partial charge on any atom is -0.508 e. The Morgan fingerprint density at radius 3 is 2.65 bits per heavy atom. The number of ether oxygens (including phenoxy) is 2. The standard InChI is InChI=1S/C11H9NO3.C7H14O/c1-15-11(14)8-4-5-12-10-3-2-7(13)6-9(8)10;1-7(2)5-3-4-6-8-7/h2-6,13H,1H3;3-6H2,1-2H3. The van der Waals surface area contributed by atoms with Gasteiger partial charge in [-0.2, -0.15) is 0 Å². The van der Waals surface area contributed by atoms with Gasteiger partial charge in [-0.3, -0.25) is 4.98 Å². The smallest absolute Gasteiger partial charge is 0.338 e. The zero-order chi connectivity index (χ0) is 16.9. The van der Waals surface area contributed by atoms with Crippen molar-refractivity contribution in [2.45, 2.75) is 38.7 Å². The van der Waals surface area contributed by atoms with Gasteiger partial charge < -0.3 is 14.6 Å². The van der Waals surface area contributed by atoms with Crippen molar-refractivity contribution < 1.29 is 19.4 Å². The molecule has 0 radical (unpaired) electrons. The highest BCUT2D eigenvalue weighted by Crippen LogP contribution is 2.23. The number of carbonyl (C=O) groups is 1. The first-order valence-corrected chi connectivity index (χ1v) is 7.73. The van der Waals surface area contributed by atoms with E-state index in [4.69, 9.17) is 4.74 Å². The maximum Gasteiger partial charge on any atom is 0.338 e. The molecule has 2 heterocycles. The van der Waals surface area contributed by atoms with E-state index in [-0.39, 0.29) is 11.4 Å². The van der Waals surface area contributed by atoms with Crippen LogP contribution in [0.5, 0.6) is 5.75 Å². The number of phenolic OH excluding ortho intramolecular Hbond substituents is 1. The minimum atomic E-state index is -0.437. The maximum absolute atomic E-state index is 11.4. The third kappa shape index (κ3) is 4.66. The molecule has 23 heavy (non-hydrogen) atoms. The summed E-state index contributed by atoms with van der Waals surface area (Å²) in [5.41, 5.74) is 1.23. The van der Waals surface area contributed by atoms with Crippen LogP contribution in [0.15, 0.2) is 30.5 Å². The number of aromatic nitrogens is 1. The predicted molar refractivity (Wildman–Crippen MR) is 88.6 cm³/mol. The van der Waals surface area contributed by atoms with Crippen LogP contribution in [0.1, 0.15) is 43.5 Å². The third-order valence-electron chi connectivity index (χ3n) is 3.80. The van der Waals surface area contributed by atoms with Gasteiger partial charge in [0.25, 0.3) is 0 Å². The fraction of sp³-hybridized carbons (Fsp3) is 0.444. The summed E-state index contributed by atoms with van der Waals surface area (Å²) < 4.78 is 10.1. The van der Waals surface area contributed by atoms with Gasteiger partial charge in [0.1, 0.15) is 5.75 Å². The van der Waals surface area contributed by atoms with Crippen LogP contribution in [0, 0.1) is 0 Å². The van der Waals surface area contributed by atoms with Crippen molar-refractivity contribution in [3.63, 3.8) is 0 Å². The predicted octanol–water partition coefficient (Wildman–Crippen LogP) is 3.69. The van der Waals surface area contributed by atoms with Gasteiger partial charge in [-0.15, -0.1) is 0 Å². The number of esters is 1. The first-order valence-electron chi connectivity index (χ1n) is 7.73. The van der Waals surface area contributed by atoms with Crippen LogP contribution in [0.2, 0.25) is 0 Å². The number of hydrogen-bond donors (Lipinski definition) is 1. The van der Waals surface area contributed by atoms with Gasteiger partial charge in [0.15, 0.2) is 0 Å². The lowest BCUT2D eigenvalue weighted by Crippen LogP contribution is -2.28. The van der Waals surface area contributed by atoms with Crippen LogP contribution in [0.3, 0.4) is 0 Å². The molecule has 5 nitrogen and oxygen atoms in total. The molecular formula is C18H23NO4. The van der Waals surface area contributed by atoms with Gasteiger partial charge in [-0.25, -0.2) is 4.79 Å². The Balaban J connectivity index is 0.000000203. The summed E-state index contributed by atoms with van der Waals surface area (Å²) in [5.74, 6) is -0.339. The van der Waals surface area contributed by atoms with Crippen LogP contribution in [0.4, 0.5) is 0 Å². The number of aromatic hydroxyl groups is 1. The van der Waals surface area contributed by atoms with E-state index in [2.05, 4.69) is 23.6 Å². The van der Waals surface area contributed by atoms with Crippen LogP contribution < -0.4 is 0 Å². The van der Waals surface area contributed by atoms with Crippen molar-refractivity contribution in [2.24, 2.45) is 0 Å². The number of rotatable bonds is 1. The molecule has 0 unspecified atom stereocenters. The molecule has 5 heteroatoms. The summed E-state index contributed by atoms with van der Waals surface area (Å²) in [7, 11) is 1.32. The van der Waals surface area contributed by atoms with Gasteiger partial charge in [-0.05, 0) is 57.4 Å². The highest BCUT2D eigenvalue weighted by atomic mass is 16.5. The zero-order valence-electron chi connectivity index (χ0n) is 13.8. The second-order valence-electron chi connectivity index (χ2n) is 6.12. The Labute approximate surface area is 136 Å². The molecule has 1 aliphatic rings. The van der Waals surface area contributed by atoms with Crippen LogP contribution in [-0.2, 0) is 9.47 Å². The molecule has 1 N–H and O–H groups in total. The van der Waals surface area contributed by atoms with Crippen molar-refractivity contribution >= 4 is 16.9 Å². The van der Waals surface area contributed by atoms with Crippen molar-refractivity contribution in [2.75, 3.05) is 13.7 Å². The monoisotopic (exact) mass is 317 g/mol. The minimum absolute atomic E-state index is 0.0978. The number of phenols is 1. The summed E-state index contributed by atoms with van der Waals surface area (Å²) in [4.78, 5) is 15.5. The normalized spacial score (nSPS) is 16.3. The van der Waals surface area contributed by atoms with Crippen LogP contribution in [0.25, 0.3) is 10.9 Å². The van der Waals surface area contributed by atoms with Gasteiger partial charge in [0.05, 0.1) is 23.8 Å². The molecule has 124 valence electrons. The molecule has 0 spiro atoms. The number of pyridine rings is 1. The quantitative estimate of drug-likeness (QED) is 0.812. The molecule has 3 rings (SSSR count). The lowest BCUT2D eigenvalue weighted by Gasteiger charge is -2.29. The summed E-state index contributed by atoms with van der Waals surface area (Å²) in [6.45, 7) is 5.28. The van der Waals surface area contributed by atoms with E-state index in [1.165, 1.54) is 44.7 Å². The van der Waals surface area contributed by atoms with Crippen LogP contribution in [-0.4, -0.2) is 35.4 Å². The van der Waals surface area contributed by atoms with Gasteiger partial charge in [-0.1, -0.05) is 0 Å². The highest BCUT2D eigenvalue weighted by molar-refractivity contribution is 6.03. The van der Waals surface area contributed by atoms with Gasteiger partial charge in [0.2, 0.25) is 0 Å². The van der Waals surface area contributed by atoms with Crippen molar-refractivity contribution in [1.29, 1.82) is 0 Å². The number of carbonyl (C=O) groups excluding carboxylic acids is 1. The van der Waals surface area contributed by atoms with E-state index in [0.29, 0.717) is 16.5 Å². The number of fused-ring (bicyclic) bond motifs is 1. The molecule has 1 aliphatic heterocycles. The van der Waals surface area contributed by atoms with Crippen molar-refractivity contribution in [1.82, 2.24) is 4.98 Å². The Kier molecular flexibility index (Phi) is 5.55. The topological polar surface area (TPSA) is 68.7 Å². The van der Waals surface area contributed by atoms with Crippen molar-refractivity contribution in [3.8, 4) is 5.75 Å². The molecule has 0 saturated carbocycles. The number of nitrogens with zero attached hydrogens (tertiary/aromatic N) is 1. The first-order chi connectivity index (χ1) is 10.9. The fourth-order valence-electron chi connectivity index (χ4n) is 2.50. The summed E-state index contributed by atoms with van der Waals surface area (Å²) >= 11 is 0. The van der Waals surface area contributed by atoms with E-state index in [0.717, 1.165) is 6.61 Å². The molecule has 1 aromatic heterocycles. The Morgan fingerprint density at radius 1 is 1.30 bits per heavy atom. The molecule has 1 fully saturated rings.